The van der Waals surface area contributed by atoms with Crippen LogP contribution in [0.1, 0.15) is 32.3 Å². The molecule has 4 aromatic carbocycles. The Morgan fingerprint density at radius 2 is 1.00 bits per heavy atom. The van der Waals surface area contributed by atoms with Gasteiger partial charge in [0.05, 0.1) is 16.9 Å². The number of carbonyl (C=O) groups excluding carboxylic acids is 2. The molecule has 0 fully saturated rings. The van der Waals surface area contributed by atoms with Gasteiger partial charge in [-0.25, -0.2) is 0 Å². The minimum atomic E-state index is -0.602. The highest BCUT2D eigenvalue weighted by molar-refractivity contribution is 8.01. The van der Waals surface area contributed by atoms with E-state index in [-0.39, 0.29) is 23.3 Å². The van der Waals surface area contributed by atoms with Crippen LogP contribution in [0.25, 0.3) is 11.1 Å². The summed E-state index contributed by atoms with van der Waals surface area (Å²) >= 11 is 5.72. The van der Waals surface area contributed by atoms with E-state index in [1.165, 1.54) is 68.5 Å². The molecule has 47 heavy (non-hydrogen) atoms. The van der Waals surface area contributed by atoms with E-state index in [1.807, 2.05) is 38.1 Å². The maximum Gasteiger partial charge on any atom is 0.234 e. The molecule has 0 aliphatic heterocycles. The summed E-state index contributed by atoms with van der Waals surface area (Å²) < 4.78 is 1.56. The standard InChI is InChI=1S/C35H28N6O2S4/c1-21-38-40-33(46-21)44-19-31(42)36-25-15-11-23(12-16-25)35(29-9-5-3-7-27(29)28-8-4-6-10-30(28)35)24-13-17-26(18-14-24)37-32(43)20-45-34-41-39-22(2)47-34/h3-18H,19-20H2,1-2H3,(H,36,42)(H,37,43). The average Bonchev–Trinajstić information content (AvgIpc) is 3.79. The largest absolute Gasteiger partial charge is 0.325 e. The molecular formula is C35H28N6O2S4. The smallest absolute Gasteiger partial charge is 0.234 e. The van der Waals surface area contributed by atoms with Gasteiger partial charge in [0.1, 0.15) is 10.0 Å². The number of nitrogens with zero attached hydrogens (tertiary/aromatic N) is 4. The topological polar surface area (TPSA) is 110 Å². The zero-order valence-corrected chi connectivity index (χ0v) is 28.7. The van der Waals surface area contributed by atoms with Gasteiger partial charge in [-0.2, -0.15) is 0 Å². The normalized spacial score (nSPS) is 12.7. The van der Waals surface area contributed by atoms with Gasteiger partial charge in [0.25, 0.3) is 0 Å². The van der Waals surface area contributed by atoms with Crippen LogP contribution in [0.2, 0.25) is 0 Å². The van der Waals surface area contributed by atoms with E-state index in [2.05, 4.69) is 104 Å². The number of amides is 2. The van der Waals surface area contributed by atoms with Crippen LogP contribution >= 0.6 is 46.2 Å². The van der Waals surface area contributed by atoms with E-state index < -0.39 is 5.41 Å². The number of thioether (sulfide) groups is 2. The molecule has 2 amide bonds. The molecule has 6 aromatic rings. The SMILES string of the molecule is Cc1nnc(SCC(=O)Nc2ccc(C3(c4ccc(NC(=O)CSc5nnc(C)s5)cc4)c4ccccc4-c4ccccc43)cc2)s1. The Kier molecular flexibility index (Phi) is 8.91. The number of anilines is 2. The van der Waals surface area contributed by atoms with E-state index >= 15 is 0 Å². The molecular weight excluding hydrogens is 665 g/mol. The number of hydrogen-bond donors (Lipinski definition) is 2. The fraction of sp³-hybridized carbons (Fsp3) is 0.143. The van der Waals surface area contributed by atoms with Crippen molar-refractivity contribution in [3.63, 3.8) is 0 Å². The van der Waals surface area contributed by atoms with Gasteiger partial charge in [0, 0.05) is 11.4 Å². The van der Waals surface area contributed by atoms with Gasteiger partial charge in [0.15, 0.2) is 8.68 Å². The third-order valence-electron chi connectivity index (χ3n) is 7.82. The lowest BCUT2D eigenvalue weighted by atomic mass is 9.67. The third-order valence-corrected chi connectivity index (χ3v) is 11.8. The van der Waals surface area contributed by atoms with Gasteiger partial charge >= 0.3 is 0 Å². The minimum absolute atomic E-state index is 0.101. The lowest BCUT2D eigenvalue weighted by molar-refractivity contribution is -0.114. The fourth-order valence-electron chi connectivity index (χ4n) is 5.95. The predicted molar refractivity (Wildman–Crippen MR) is 192 cm³/mol. The highest BCUT2D eigenvalue weighted by Gasteiger charge is 2.45. The highest BCUT2D eigenvalue weighted by atomic mass is 32.2. The van der Waals surface area contributed by atoms with Crippen LogP contribution in [0, 0.1) is 13.8 Å². The first-order valence-corrected chi connectivity index (χ1v) is 18.4. The second-order valence-corrected chi connectivity index (χ2v) is 15.7. The van der Waals surface area contributed by atoms with Gasteiger partial charge in [-0.1, -0.05) is 119 Å². The number of nitrogens with one attached hydrogen (secondary N) is 2. The monoisotopic (exact) mass is 692 g/mol. The zero-order valence-electron chi connectivity index (χ0n) is 25.4. The summed E-state index contributed by atoms with van der Waals surface area (Å²) in [7, 11) is 0. The molecule has 0 unspecified atom stereocenters. The van der Waals surface area contributed by atoms with Crippen molar-refractivity contribution < 1.29 is 9.59 Å². The van der Waals surface area contributed by atoms with Crippen LogP contribution in [0.5, 0.6) is 0 Å². The molecule has 0 bridgehead atoms. The zero-order chi connectivity index (χ0) is 32.4. The van der Waals surface area contributed by atoms with E-state index in [1.54, 1.807) is 0 Å². The molecule has 1 aliphatic rings. The number of carbonyl (C=O) groups is 2. The van der Waals surface area contributed by atoms with Gasteiger partial charge in [0.2, 0.25) is 11.8 Å². The van der Waals surface area contributed by atoms with Crippen LogP contribution in [-0.2, 0) is 15.0 Å². The molecule has 2 heterocycles. The molecule has 0 saturated carbocycles. The molecule has 0 radical (unpaired) electrons. The molecule has 234 valence electrons. The van der Waals surface area contributed by atoms with Crippen LogP contribution in [-0.4, -0.2) is 43.7 Å². The van der Waals surface area contributed by atoms with Crippen molar-refractivity contribution in [3.8, 4) is 11.1 Å². The first-order chi connectivity index (χ1) is 22.9. The van der Waals surface area contributed by atoms with Crippen molar-refractivity contribution >= 4 is 69.4 Å². The molecule has 7 rings (SSSR count). The number of aryl methyl sites for hydroxylation is 2. The minimum Gasteiger partial charge on any atom is -0.325 e. The summed E-state index contributed by atoms with van der Waals surface area (Å²) in [6.45, 7) is 3.79. The molecule has 8 nitrogen and oxygen atoms in total. The second kappa shape index (κ2) is 13.4. The number of aromatic nitrogens is 4. The average molecular weight is 693 g/mol. The third kappa shape index (κ3) is 6.33. The van der Waals surface area contributed by atoms with Crippen molar-refractivity contribution in [2.24, 2.45) is 0 Å². The molecule has 0 spiro atoms. The summed E-state index contributed by atoms with van der Waals surface area (Å²) in [5.41, 5.74) is 7.74. The Hall–Kier alpha value is -4.36. The first-order valence-electron chi connectivity index (χ1n) is 14.8. The van der Waals surface area contributed by atoms with Gasteiger partial charge in [-0.05, 0) is 71.5 Å². The van der Waals surface area contributed by atoms with Crippen molar-refractivity contribution in [1.82, 2.24) is 20.4 Å². The number of hydrogen-bond acceptors (Lipinski definition) is 10. The Labute approximate surface area is 288 Å². The Balaban J connectivity index is 1.17. The molecule has 12 heteroatoms. The van der Waals surface area contributed by atoms with E-state index in [9.17, 15) is 9.59 Å². The van der Waals surface area contributed by atoms with Crippen LogP contribution in [0.3, 0.4) is 0 Å². The van der Waals surface area contributed by atoms with E-state index in [4.69, 9.17) is 0 Å². The summed E-state index contributed by atoms with van der Waals surface area (Å²) in [5, 5.41) is 24.0. The van der Waals surface area contributed by atoms with E-state index in [0.717, 1.165) is 41.2 Å². The van der Waals surface area contributed by atoms with Crippen LogP contribution in [0.15, 0.2) is 106 Å². The molecule has 0 atom stereocenters. The molecule has 2 N–H and O–H groups in total. The van der Waals surface area contributed by atoms with Crippen molar-refractivity contribution in [3.05, 3.63) is 129 Å². The predicted octanol–water partition coefficient (Wildman–Crippen LogP) is 7.83. The quantitative estimate of drug-likeness (QED) is 0.140. The summed E-state index contributed by atoms with van der Waals surface area (Å²) in [6, 6.07) is 33.3. The highest BCUT2D eigenvalue weighted by Crippen LogP contribution is 2.56. The van der Waals surface area contributed by atoms with Crippen molar-refractivity contribution in [2.45, 2.75) is 27.9 Å². The van der Waals surface area contributed by atoms with Crippen molar-refractivity contribution in [2.75, 3.05) is 22.1 Å². The summed E-state index contributed by atoms with van der Waals surface area (Å²) in [4.78, 5) is 25.5. The summed E-state index contributed by atoms with van der Waals surface area (Å²) in [6.07, 6.45) is 0. The van der Waals surface area contributed by atoms with Gasteiger partial charge in [-0.15, -0.1) is 20.4 Å². The molecule has 0 saturated heterocycles. The maximum absolute atomic E-state index is 12.8. The van der Waals surface area contributed by atoms with Gasteiger partial charge < -0.3 is 10.6 Å². The molecule has 2 aromatic heterocycles. The number of benzene rings is 4. The fourth-order valence-corrected chi connectivity index (χ4v) is 9.18. The van der Waals surface area contributed by atoms with Crippen LogP contribution in [0.4, 0.5) is 11.4 Å². The van der Waals surface area contributed by atoms with Crippen LogP contribution < -0.4 is 10.6 Å². The maximum atomic E-state index is 12.8. The second-order valence-electron chi connectivity index (χ2n) is 10.8. The first kappa shape index (κ1) is 31.3. The number of fused-ring (bicyclic) bond motifs is 3. The lowest BCUT2D eigenvalue weighted by Crippen LogP contribution is -2.28. The Morgan fingerprint density at radius 1 is 0.596 bits per heavy atom. The lowest BCUT2D eigenvalue weighted by Gasteiger charge is -2.34. The van der Waals surface area contributed by atoms with Gasteiger partial charge in [-0.3, -0.25) is 9.59 Å². The summed E-state index contributed by atoms with van der Waals surface area (Å²) in [5.74, 6) is 0.308. The van der Waals surface area contributed by atoms with Crippen molar-refractivity contribution in [1.29, 1.82) is 0 Å². The van der Waals surface area contributed by atoms with E-state index in [0.29, 0.717) is 0 Å². The Morgan fingerprint density at radius 3 is 1.38 bits per heavy atom. The Bertz CT molecular complexity index is 1930. The number of rotatable bonds is 10. The molecule has 1 aliphatic carbocycles.